The summed E-state index contributed by atoms with van der Waals surface area (Å²) in [4.78, 5) is 42.3. The van der Waals surface area contributed by atoms with Crippen molar-refractivity contribution in [3.8, 4) is 11.5 Å². The Balaban J connectivity index is 1.54. The highest BCUT2D eigenvalue weighted by Gasteiger charge is 2.32. The van der Waals surface area contributed by atoms with Crippen LogP contribution in [-0.2, 0) is 11.2 Å². The highest BCUT2D eigenvalue weighted by Crippen LogP contribution is 2.29. The second-order valence-electron chi connectivity index (χ2n) is 10.7. The number of carbonyl (C=O) groups is 3. The molecule has 228 valence electrons. The Morgan fingerprint density at radius 1 is 1.02 bits per heavy atom. The van der Waals surface area contributed by atoms with E-state index < -0.39 is 18.2 Å². The summed E-state index contributed by atoms with van der Waals surface area (Å²) in [6, 6.07) is 20.1. The van der Waals surface area contributed by atoms with Gasteiger partial charge >= 0.3 is 12.1 Å². The Morgan fingerprint density at radius 2 is 1.67 bits per heavy atom. The summed E-state index contributed by atoms with van der Waals surface area (Å²) in [5, 5.41) is 18.3. The molecule has 1 aliphatic heterocycles. The van der Waals surface area contributed by atoms with Crippen LogP contribution in [0.3, 0.4) is 0 Å². The van der Waals surface area contributed by atoms with Crippen LogP contribution < -0.4 is 25.4 Å². The molecule has 4 N–H and O–H groups in total. The van der Waals surface area contributed by atoms with E-state index in [1.165, 1.54) is 0 Å². The molecule has 0 unspecified atom stereocenters. The zero-order valence-electron chi connectivity index (χ0n) is 24.9. The topological polar surface area (TPSA) is 132 Å². The molecule has 3 aromatic rings. The first-order chi connectivity index (χ1) is 20.7. The van der Waals surface area contributed by atoms with Gasteiger partial charge < -0.3 is 40.3 Å². The summed E-state index contributed by atoms with van der Waals surface area (Å²) in [5.74, 6) is 0.813. The lowest BCUT2D eigenvalue weighted by Gasteiger charge is -2.34. The van der Waals surface area contributed by atoms with Gasteiger partial charge in [-0.25, -0.2) is 9.59 Å². The van der Waals surface area contributed by atoms with Crippen molar-refractivity contribution < 1.29 is 29.0 Å². The lowest BCUT2D eigenvalue weighted by molar-refractivity contribution is -0.134. The van der Waals surface area contributed by atoms with Gasteiger partial charge in [0.25, 0.3) is 0 Å². The highest BCUT2D eigenvalue weighted by atomic mass is 16.5. The molecule has 3 aromatic carbocycles. The number of amides is 5. The number of para-hydroxylation sites is 1. The molecule has 11 nitrogen and oxygen atoms in total. The molecule has 5 amide bonds. The zero-order chi connectivity index (χ0) is 30.9. The van der Waals surface area contributed by atoms with Crippen molar-refractivity contribution in [2.75, 3.05) is 49.8 Å². The van der Waals surface area contributed by atoms with Gasteiger partial charge in [-0.1, -0.05) is 25.1 Å². The Kier molecular flexibility index (Phi) is 10.4. The predicted molar refractivity (Wildman–Crippen MR) is 166 cm³/mol. The van der Waals surface area contributed by atoms with Crippen LogP contribution in [0, 0.1) is 5.92 Å². The van der Waals surface area contributed by atoms with Crippen LogP contribution in [0.5, 0.6) is 11.5 Å². The zero-order valence-corrected chi connectivity index (χ0v) is 24.9. The number of nitrogens with zero attached hydrogens (tertiary/aromatic N) is 2. The molecule has 1 heterocycles. The number of fused-ring (bicyclic) bond motifs is 1. The van der Waals surface area contributed by atoms with Gasteiger partial charge in [0.2, 0.25) is 5.91 Å². The molecule has 3 atom stereocenters. The summed E-state index contributed by atoms with van der Waals surface area (Å²) in [6.45, 7) is 4.15. The van der Waals surface area contributed by atoms with Gasteiger partial charge in [-0.2, -0.15) is 0 Å². The molecule has 0 fully saturated rings. The van der Waals surface area contributed by atoms with Crippen LogP contribution in [0.4, 0.5) is 26.7 Å². The predicted octanol–water partition coefficient (Wildman–Crippen LogP) is 4.65. The maximum absolute atomic E-state index is 13.5. The molecule has 43 heavy (non-hydrogen) atoms. The monoisotopic (exact) mass is 589 g/mol. The first kappa shape index (κ1) is 31.2. The fourth-order valence-corrected chi connectivity index (χ4v) is 4.79. The first-order valence-corrected chi connectivity index (χ1v) is 14.2. The molecule has 0 radical (unpaired) electrons. The van der Waals surface area contributed by atoms with Crippen LogP contribution in [0.25, 0.3) is 0 Å². The molecular formula is C32H39N5O6. The van der Waals surface area contributed by atoms with Crippen LogP contribution in [-0.4, -0.2) is 78.9 Å². The lowest BCUT2D eigenvalue weighted by Crippen LogP contribution is -2.48. The highest BCUT2D eigenvalue weighted by molar-refractivity contribution is 6.00. The number of anilines is 3. The van der Waals surface area contributed by atoms with Crippen LogP contribution in [0.15, 0.2) is 72.8 Å². The van der Waals surface area contributed by atoms with Crippen LogP contribution >= 0.6 is 0 Å². The summed E-state index contributed by atoms with van der Waals surface area (Å²) in [5.41, 5.74) is 2.33. The Bertz CT molecular complexity index is 1400. The maximum atomic E-state index is 13.5. The fraction of sp³-hybridized carbons (Fsp3) is 0.344. The van der Waals surface area contributed by atoms with E-state index in [1.54, 1.807) is 73.3 Å². The van der Waals surface area contributed by atoms with Crippen molar-refractivity contribution in [1.82, 2.24) is 9.80 Å². The molecule has 0 saturated heterocycles. The number of aliphatic hydroxyl groups is 1. The minimum atomic E-state index is -0.471. The third-order valence-electron chi connectivity index (χ3n) is 7.35. The number of likely N-dealkylation sites (N-methyl/N-ethyl adjacent to an activating group) is 1. The van der Waals surface area contributed by atoms with E-state index in [9.17, 15) is 19.5 Å². The number of hydrogen-bond acceptors (Lipinski definition) is 6. The average Bonchev–Trinajstić information content (AvgIpc) is 3.04. The second-order valence-corrected chi connectivity index (χ2v) is 10.7. The van der Waals surface area contributed by atoms with Crippen LogP contribution in [0.1, 0.15) is 19.4 Å². The van der Waals surface area contributed by atoms with E-state index in [-0.39, 0.29) is 37.4 Å². The Morgan fingerprint density at radius 3 is 2.35 bits per heavy atom. The largest absolute Gasteiger partial charge is 0.497 e. The molecule has 11 heteroatoms. The van der Waals surface area contributed by atoms with Crippen molar-refractivity contribution in [3.63, 3.8) is 0 Å². The minimum absolute atomic E-state index is 0.0130. The summed E-state index contributed by atoms with van der Waals surface area (Å²) >= 11 is 0. The number of nitrogens with one attached hydrogen (secondary N) is 3. The SMILES string of the molecule is COc1ccc(NC(=O)Nc2ccc3c(c2)CC(=O)N([C@H](C)CO)C[C@@H](C)[C@H](CN(C)C(=O)Nc2ccccc2)O3)cc1. The molecular weight excluding hydrogens is 550 g/mol. The standard InChI is InChI=1S/C32H39N5O6/c1-21-18-37(22(2)20-38)30(39)17-23-16-26(34-31(40)33-25-10-13-27(42-4)14-11-25)12-15-28(23)43-29(21)19-36(3)32(41)35-24-8-6-5-7-9-24/h5-16,21-22,29,38H,17-20H2,1-4H3,(H,35,41)(H2,33,34,40)/t21-,22-,29+/m1/s1. The fourth-order valence-electron chi connectivity index (χ4n) is 4.79. The van der Waals surface area contributed by atoms with E-state index in [2.05, 4.69) is 16.0 Å². The lowest BCUT2D eigenvalue weighted by atomic mass is 10.0. The van der Waals surface area contributed by atoms with E-state index in [0.717, 1.165) is 0 Å². The van der Waals surface area contributed by atoms with Gasteiger partial charge in [-0.05, 0) is 61.5 Å². The molecule has 0 aromatic heterocycles. The maximum Gasteiger partial charge on any atom is 0.323 e. The van der Waals surface area contributed by atoms with Crippen molar-refractivity contribution >= 4 is 35.0 Å². The molecule has 0 bridgehead atoms. The molecule has 4 rings (SSSR count). The van der Waals surface area contributed by atoms with Crippen LogP contribution in [0.2, 0.25) is 0 Å². The number of aliphatic hydroxyl groups excluding tert-OH is 1. The number of urea groups is 2. The van der Waals surface area contributed by atoms with Gasteiger partial charge in [0.15, 0.2) is 0 Å². The van der Waals surface area contributed by atoms with E-state index >= 15 is 0 Å². The number of carbonyl (C=O) groups excluding carboxylic acids is 3. The molecule has 1 aliphatic rings. The summed E-state index contributed by atoms with van der Waals surface area (Å²) in [7, 11) is 3.26. The van der Waals surface area contributed by atoms with E-state index in [0.29, 0.717) is 40.7 Å². The normalized spacial score (nSPS) is 17.2. The quantitative estimate of drug-likeness (QED) is 0.302. The Hall–Kier alpha value is -4.77. The number of benzene rings is 3. The van der Waals surface area contributed by atoms with Crippen molar-refractivity contribution in [1.29, 1.82) is 0 Å². The molecule has 0 aliphatic carbocycles. The minimum Gasteiger partial charge on any atom is -0.497 e. The van der Waals surface area contributed by atoms with Gasteiger partial charge in [0.1, 0.15) is 17.6 Å². The average molecular weight is 590 g/mol. The third-order valence-corrected chi connectivity index (χ3v) is 7.35. The molecule has 0 saturated carbocycles. The summed E-state index contributed by atoms with van der Waals surface area (Å²) in [6.07, 6.45) is -0.458. The number of hydrogen-bond donors (Lipinski definition) is 4. The number of ether oxygens (including phenoxy) is 2. The van der Waals surface area contributed by atoms with Crippen molar-refractivity contribution in [3.05, 3.63) is 78.4 Å². The van der Waals surface area contributed by atoms with Gasteiger partial charge in [0, 0.05) is 42.1 Å². The van der Waals surface area contributed by atoms with Gasteiger partial charge in [-0.15, -0.1) is 0 Å². The second kappa shape index (κ2) is 14.4. The first-order valence-electron chi connectivity index (χ1n) is 14.2. The van der Waals surface area contributed by atoms with Gasteiger partial charge in [-0.3, -0.25) is 4.79 Å². The van der Waals surface area contributed by atoms with Crippen molar-refractivity contribution in [2.24, 2.45) is 5.92 Å². The summed E-state index contributed by atoms with van der Waals surface area (Å²) < 4.78 is 11.6. The van der Waals surface area contributed by atoms with E-state index in [1.807, 2.05) is 37.3 Å². The van der Waals surface area contributed by atoms with E-state index in [4.69, 9.17) is 9.47 Å². The third kappa shape index (κ3) is 8.39. The van der Waals surface area contributed by atoms with Gasteiger partial charge in [0.05, 0.1) is 32.7 Å². The Labute approximate surface area is 251 Å². The smallest absolute Gasteiger partial charge is 0.323 e. The number of methoxy groups -OCH3 is 1. The molecule has 0 spiro atoms. The van der Waals surface area contributed by atoms with Crippen molar-refractivity contribution in [2.45, 2.75) is 32.4 Å². The number of rotatable bonds is 8.